The maximum absolute atomic E-state index is 5.57. The maximum Gasteiger partial charge on any atom is 0.199 e. The van der Waals surface area contributed by atoms with Gasteiger partial charge in [-0.3, -0.25) is 9.47 Å². The second kappa shape index (κ2) is 6.15. The van der Waals surface area contributed by atoms with Crippen molar-refractivity contribution in [1.82, 2.24) is 19.2 Å². The summed E-state index contributed by atoms with van der Waals surface area (Å²) in [6.07, 6.45) is 4.18. The molecular weight excluding hydrogens is 284 g/mol. The minimum absolute atomic E-state index is 0.766. The molecule has 0 atom stereocenters. The fourth-order valence-corrected chi connectivity index (χ4v) is 3.11. The first-order chi connectivity index (χ1) is 10.2. The summed E-state index contributed by atoms with van der Waals surface area (Å²) in [5.41, 5.74) is 0. The number of piperidine rings is 1. The van der Waals surface area contributed by atoms with E-state index in [0.717, 1.165) is 48.6 Å². The molecule has 0 radical (unpaired) electrons. The normalized spacial score (nSPS) is 17.4. The lowest BCUT2D eigenvalue weighted by molar-refractivity contribution is 0.146. The van der Waals surface area contributed by atoms with E-state index in [1.807, 2.05) is 21.4 Å². The molecule has 0 aromatic carbocycles. The Morgan fingerprint density at radius 3 is 2.76 bits per heavy atom. The number of aromatic nitrogens is 3. The topological polar surface area (TPSA) is 39.1 Å². The SMILES string of the molecule is CCn1c(-c2ccco2)nn(CN2CCC(C)CC2)c1=S. The third-order valence-corrected chi connectivity index (χ3v) is 4.62. The number of likely N-dealkylation sites (tertiary alicyclic amines) is 1. The second-order valence-electron chi connectivity index (χ2n) is 5.77. The third-order valence-electron chi connectivity index (χ3n) is 4.19. The van der Waals surface area contributed by atoms with Gasteiger partial charge in [0.25, 0.3) is 0 Å². The largest absolute Gasteiger partial charge is 0.461 e. The minimum Gasteiger partial charge on any atom is -0.461 e. The number of nitrogens with zero attached hydrogens (tertiary/aromatic N) is 4. The van der Waals surface area contributed by atoms with Gasteiger partial charge in [-0.2, -0.15) is 0 Å². The van der Waals surface area contributed by atoms with Gasteiger partial charge in [-0.1, -0.05) is 6.92 Å². The van der Waals surface area contributed by atoms with E-state index in [0.29, 0.717) is 0 Å². The van der Waals surface area contributed by atoms with Crippen LogP contribution < -0.4 is 0 Å². The van der Waals surface area contributed by atoms with Crippen LogP contribution in [0.2, 0.25) is 0 Å². The highest BCUT2D eigenvalue weighted by atomic mass is 32.1. The summed E-state index contributed by atoms with van der Waals surface area (Å²) >= 11 is 5.57. The summed E-state index contributed by atoms with van der Waals surface area (Å²) in [4.78, 5) is 2.43. The van der Waals surface area contributed by atoms with Crippen LogP contribution in [0, 0.1) is 10.7 Å². The van der Waals surface area contributed by atoms with Crippen LogP contribution in [0.15, 0.2) is 22.8 Å². The van der Waals surface area contributed by atoms with Crippen LogP contribution in [0.1, 0.15) is 26.7 Å². The number of hydrogen-bond donors (Lipinski definition) is 0. The Balaban J connectivity index is 1.84. The Bertz CT molecular complexity index is 635. The fraction of sp³-hybridized carbons (Fsp3) is 0.600. The minimum atomic E-state index is 0.766. The monoisotopic (exact) mass is 306 g/mol. The zero-order valence-electron chi connectivity index (χ0n) is 12.7. The van der Waals surface area contributed by atoms with Gasteiger partial charge in [0, 0.05) is 19.6 Å². The highest BCUT2D eigenvalue weighted by Crippen LogP contribution is 2.20. The Morgan fingerprint density at radius 2 is 2.14 bits per heavy atom. The average Bonchev–Trinajstić information content (AvgIpc) is 3.10. The molecule has 1 saturated heterocycles. The third kappa shape index (κ3) is 2.96. The van der Waals surface area contributed by atoms with Gasteiger partial charge < -0.3 is 4.42 Å². The van der Waals surface area contributed by atoms with Crippen molar-refractivity contribution in [3.05, 3.63) is 23.2 Å². The Morgan fingerprint density at radius 1 is 1.38 bits per heavy atom. The van der Waals surface area contributed by atoms with Gasteiger partial charge in [0.15, 0.2) is 16.4 Å². The van der Waals surface area contributed by atoms with Crippen molar-refractivity contribution in [1.29, 1.82) is 0 Å². The van der Waals surface area contributed by atoms with Crippen molar-refractivity contribution < 1.29 is 4.42 Å². The van der Waals surface area contributed by atoms with Crippen molar-refractivity contribution in [3.63, 3.8) is 0 Å². The van der Waals surface area contributed by atoms with Crippen LogP contribution in [-0.2, 0) is 13.2 Å². The molecule has 0 saturated carbocycles. The van der Waals surface area contributed by atoms with E-state index in [1.165, 1.54) is 12.8 Å². The van der Waals surface area contributed by atoms with E-state index in [1.54, 1.807) is 6.26 Å². The predicted octanol–water partition coefficient (Wildman–Crippen LogP) is 3.38. The van der Waals surface area contributed by atoms with Gasteiger partial charge in [-0.05, 0) is 50.0 Å². The van der Waals surface area contributed by atoms with Crippen molar-refractivity contribution in [3.8, 4) is 11.6 Å². The van der Waals surface area contributed by atoms with E-state index in [2.05, 4.69) is 23.8 Å². The molecular formula is C15H22N4OS. The molecule has 114 valence electrons. The first-order valence-corrected chi connectivity index (χ1v) is 8.03. The molecule has 3 heterocycles. The average molecular weight is 306 g/mol. The summed E-state index contributed by atoms with van der Waals surface area (Å²) in [6, 6.07) is 3.81. The molecule has 5 nitrogen and oxygen atoms in total. The van der Waals surface area contributed by atoms with Crippen LogP contribution >= 0.6 is 12.2 Å². The zero-order valence-corrected chi connectivity index (χ0v) is 13.5. The number of furan rings is 1. The molecule has 2 aromatic heterocycles. The zero-order chi connectivity index (χ0) is 14.8. The quantitative estimate of drug-likeness (QED) is 0.812. The smallest absolute Gasteiger partial charge is 0.199 e. The molecule has 21 heavy (non-hydrogen) atoms. The first-order valence-electron chi connectivity index (χ1n) is 7.63. The van der Waals surface area contributed by atoms with Crippen LogP contribution in [-0.4, -0.2) is 32.3 Å². The summed E-state index contributed by atoms with van der Waals surface area (Å²) in [6.45, 7) is 8.22. The molecule has 0 bridgehead atoms. The van der Waals surface area contributed by atoms with E-state index < -0.39 is 0 Å². The lowest BCUT2D eigenvalue weighted by Crippen LogP contribution is -2.34. The number of rotatable bonds is 4. The molecule has 0 spiro atoms. The summed E-state index contributed by atoms with van der Waals surface area (Å²) in [5, 5.41) is 4.68. The van der Waals surface area contributed by atoms with Crippen molar-refractivity contribution >= 4 is 12.2 Å². The summed E-state index contributed by atoms with van der Waals surface area (Å²) < 4.78 is 10.2. The van der Waals surface area contributed by atoms with Crippen molar-refractivity contribution in [2.24, 2.45) is 5.92 Å². The van der Waals surface area contributed by atoms with Crippen LogP contribution in [0.25, 0.3) is 11.6 Å². The molecule has 1 fully saturated rings. The van der Waals surface area contributed by atoms with Gasteiger partial charge in [-0.15, -0.1) is 5.10 Å². The molecule has 0 aliphatic carbocycles. The summed E-state index contributed by atoms with van der Waals surface area (Å²) in [7, 11) is 0. The van der Waals surface area contributed by atoms with Crippen LogP contribution in [0.3, 0.4) is 0 Å². The van der Waals surface area contributed by atoms with E-state index in [9.17, 15) is 0 Å². The lowest BCUT2D eigenvalue weighted by atomic mass is 10.00. The Labute approximate surface area is 130 Å². The summed E-state index contributed by atoms with van der Waals surface area (Å²) in [5.74, 6) is 2.42. The van der Waals surface area contributed by atoms with Gasteiger partial charge >= 0.3 is 0 Å². The molecule has 1 aliphatic heterocycles. The molecule has 0 unspecified atom stereocenters. The standard InChI is InChI=1S/C15H22N4OS/c1-3-18-14(13-5-4-10-20-13)16-19(15(18)21)11-17-8-6-12(2)7-9-17/h4-5,10,12H,3,6-9,11H2,1-2H3. The predicted molar refractivity (Wildman–Crippen MR) is 84.4 cm³/mol. The van der Waals surface area contributed by atoms with Gasteiger partial charge in [0.2, 0.25) is 0 Å². The Kier molecular flexibility index (Phi) is 4.26. The molecule has 3 rings (SSSR count). The molecule has 2 aromatic rings. The number of hydrogen-bond acceptors (Lipinski definition) is 4. The van der Waals surface area contributed by atoms with Crippen molar-refractivity contribution in [2.45, 2.75) is 39.9 Å². The Hall–Kier alpha value is -1.40. The van der Waals surface area contributed by atoms with Gasteiger partial charge in [0.05, 0.1) is 12.9 Å². The van der Waals surface area contributed by atoms with Crippen LogP contribution in [0.4, 0.5) is 0 Å². The fourth-order valence-electron chi connectivity index (χ4n) is 2.80. The molecule has 0 N–H and O–H groups in total. The van der Waals surface area contributed by atoms with E-state index in [4.69, 9.17) is 16.6 Å². The van der Waals surface area contributed by atoms with Crippen LogP contribution in [0.5, 0.6) is 0 Å². The first kappa shape index (κ1) is 14.5. The maximum atomic E-state index is 5.57. The van der Waals surface area contributed by atoms with Gasteiger partial charge in [-0.25, -0.2) is 4.68 Å². The highest BCUT2D eigenvalue weighted by Gasteiger charge is 2.19. The van der Waals surface area contributed by atoms with Crippen molar-refractivity contribution in [2.75, 3.05) is 13.1 Å². The molecule has 0 amide bonds. The highest BCUT2D eigenvalue weighted by molar-refractivity contribution is 7.71. The second-order valence-corrected chi connectivity index (χ2v) is 6.13. The molecule has 6 heteroatoms. The van der Waals surface area contributed by atoms with E-state index >= 15 is 0 Å². The van der Waals surface area contributed by atoms with E-state index in [-0.39, 0.29) is 0 Å². The lowest BCUT2D eigenvalue weighted by Gasteiger charge is -2.29. The molecule has 1 aliphatic rings. The van der Waals surface area contributed by atoms with Gasteiger partial charge in [0.1, 0.15) is 0 Å².